The van der Waals surface area contributed by atoms with Crippen molar-refractivity contribution in [2.45, 2.75) is 19.8 Å². The zero-order chi connectivity index (χ0) is 20.2. The molecular weight excluding hydrogens is 364 g/mol. The Hall–Kier alpha value is -3.25. The molecule has 0 atom stereocenters. The summed E-state index contributed by atoms with van der Waals surface area (Å²) < 4.78 is 0. The van der Waals surface area contributed by atoms with Crippen molar-refractivity contribution in [1.82, 2.24) is 15.3 Å². The first-order valence-corrected chi connectivity index (χ1v) is 9.80. The van der Waals surface area contributed by atoms with E-state index in [0.29, 0.717) is 5.56 Å². The van der Waals surface area contributed by atoms with Crippen LogP contribution in [0.3, 0.4) is 0 Å². The number of nitrogens with one attached hydrogen (secondary N) is 1. The number of amides is 1. The third-order valence-electron chi connectivity index (χ3n) is 5.16. The topological polar surface area (TPSA) is 78.4 Å². The molecule has 0 aliphatic carbocycles. The molecule has 1 amide bonds. The van der Waals surface area contributed by atoms with Crippen LogP contribution in [0.1, 0.15) is 32.7 Å². The monoisotopic (exact) mass is 388 g/mol. The van der Waals surface area contributed by atoms with Gasteiger partial charge in [0.25, 0.3) is 5.91 Å². The lowest BCUT2D eigenvalue weighted by Crippen LogP contribution is -2.27. The lowest BCUT2D eigenvalue weighted by Gasteiger charge is -2.19. The zero-order valence-corrected chi connectivity index (χ0v) is 16.4. The van der Waals surface area contributed by atoms with Crippen molar-refractivity contribution in [2.75, 3.05) is 24.6 Å². The highest BCUT2D eigenvalue weighted by molar-refractivity contribution is 5.98. The Morgan fingerprint density at radius 2 is 2.00 bits per heavy atom. The van der Waals surface area contributed by atoms with E-state index in [-0.39, 0.29) is 19.1 Å². The van der Waals surface area contributed by atoms with Gasteiger partial charge in [-0.15, -0.1) is 0 Å². The van der Waals surface area contributed by atoms with Crippen molar-refractivity contribution >= 4 is 17.4 Å². The predicted octanol–water partition coefficient (Wildman–Crippen LogP) is 2.79. The second kappa shape index (κ2) is 8.41. The average molecular weight is 388 g/mol. The quantitative estimate of drug-likeness (QED) is 0.679. The van der Waals surface area contributed by atoms with Crippen molar-refractivity contribution in [3.8, 4) is 0 Å². The Labute approximate surface area is 170 Å². The number of anilines is 2. The summed E-state index contributed by atoms with van der Waals surface area (Å²) in [5.74, 6) is 0.689. The number of aliphatic hydroxyl groups excluding tert-OH is 1. The van der Waals surface area contributed by atoms with E-state index in [0.717, 1.165) is 42.1 Å². The molecule has 0 radical (unpaired) electrons. The molecule has 4 rings (SSSR count). The fourth-order valence-corrected chi connectivity index (χ4v) is 3.69. The molecule has 0 saturated heterocycles. The highest BCUT2D eigenvalue weighted by Gasteiger charge is 2.26. The van der Waals surface area contributed by atoms with Gasteiger partial charge in [-0.2, -0.15) is 0 Å². The van der Waals surface area contributed by atoms with Gasteiger partial charge in [0.05, 0.1) is 12.3 Å². The van der Waals surface area contributed by atoms with Crippen LogP contribution in [0.15, 0.2) is 54.9 Å². The first-order chi connectivity index (χ1) is 14.2. The van der Waals surface area contributed by atoms with E-state index in [1.165, 1.54) is 11.1 Å². The van der Waals surface area contributed by atoms with Gasteiger partial charge >= 0.3 is 0 Å². The van der Waals surface area contributed by atoms with E-state index in [1.807, 2.05) is 24.3 Å². The maximum absolute atomic E-state index is 12.4. The van der Waals surface area contributed by atoms with E-state index in [9.17, 15) is 4.79 Å². The van der Waals surface area contributed by atoms with Crippen LogP contribution in [-0.4, -0.2) is 40.7 Å². The van der Waals surface area contributed by atoms with Gasteiger partial charge in [-0.3, -0.25) is 4.79 Å². The van der Waals surface area contributed by atoms with Crippen molar-refractivity contribution in [3.63, 3.8) is 0 Å². The molecule has 0 unspecified atom stereocenters. The smallest absolute Gasteiger partial charge is 0.251 e. The molecule has 6 heteroatoms. The molecule has 2 aromatic carbocycles. The van der Waals surface area contributed by atoms with Gasteiger partial charge in [-0.05, 0) is 36.6 Å². The second-order valence-corrected chi connectivity index (χ2v) is 7.21. The molecule has 2 heterocycles. The van der Waals surface area contributed by atoms with E-state index < -0.39 is 0 Å². The third-order valence-corrected chi connectivity index (χ3v) is 5.16. The predicted molar refractivity (Wildman–Crippen MR) is 113 cm³/mol. The van der Waals surface area contributed by atoms with Crippen LogP contribution in [0.4, 0.5) is 11.5 Å². The van der Waals surface area contributed by atoms with E-state index in [2.05, 4.69) is 51.4 Å². The number of aryl methyl sites for hydroxylation is 1. The number of carbonyl (C=O) groups is 1. The molecule has 0 fully saturated rings. The van der Waals surface area contributed by atoms with Crippen LogP contribution in [0.25, 0.3) is 0 Å². The maximum Gasteiger partial charge on any atom is 0.251 e. The first-order valence-electron chi connectivity index (χ1n) is 9.80. The summed E-state index contributed by atoms with van der Waals surface area (Å²) in [5, 5.41) is 11.7. The summed E-state index contributed by atoms with van der Waals surface area (Å²) in [4.78, 5) is 23.5. The van der Waals surface area contributed by atoms with Gasteiger partial charge in [0.15, 0.2) is 0 Å². The Morgan fingerprint density at radius 1 is 1.17 bits per heavy atom. The van der Waals surface area contributed by atoms with Crippen LogP contribution in [-0.2, 0) is 12.8 Å². The van der Waals surface area contributed by atoms with Crippen LogP contribution in [0, 0.1) is 6.92 Å². The number of benzene rings is 2. The Kier molecular flexibility index (Phi) is 5.53. The SMILES string of the molecule is Cc1ccc(Cc2cc(N3CCc4c(C(=O)NCCO)cccc43)ncn2)cc1. The zero-order valence-electron chi connectivity index (χ0n) is 16.4. The van der Waals surface area contributed by atoms with Gasteiger partial charge in [-0.1, -0.05) is 35.9 Å². The van der Waals surface area contributed by atoms with Crippen molar-refractivity contribution in [2.24, 2.45) is 0 Å². The lowest BCUT2D eigenvalue weighted by molar-refractivity contribution is 0.0944. The maximum atomic E-state index is 12.4. The number of hydrogen-bond acceptors (Lipinski definition) is 5. The van der Waals surface area contributed by atoms with Crippen molar-refractivity contribution in [1.29, 1.82) is 0 Å². The Bertz CT molecular complexity index is 1020. The molecule has 1 aliphatic heterocycles. The van der Waals surface area contributed by atoms with Gasteiger partial charge in [0.1, 0.15) is 12.1 Å². The second-order valence-electron chi connectivity index (χ2n) is 7.21. The summed E-state index contributed by atoms with van der Waals surface area (Å²) in [6.07, 6.45) is 3.13. The highest BCUT2D eigenvalue weighted by Crippen LogP contribution is 2.35. The minimum absolute atomic E-state index is 0.0718. The molecule has 148 valence electrons. The molecule has 2 N–H and O–H groups in total. The molecular formula is C23H24N4O2. The number of fused-ring (bicyclic) bond motifs is 1. The van der Waals surface area contributed by atoms with Crippen LogP contribution >= 0.6 is 0 Å². The summed E-state index contributed by atoms with van der Waals surface area (Å²) in [5.41, 5.74) is 6.09. The third kappa shape index (κ3) is 4.12. The normalized spacial score (nSPS) is 12.7. The lowest BCUT2D eigenvalue weighted by atomic mass is 10.0. The minimum atomic E-state index is -0.152. The minimum Gasteiger partial charge on any atom is -0.395 e. The standard InChI is InChI=1S/C23H24N4O2/c1-16-5-7-17(8-6-16)13-18-14-22(26-15-25-18)27-11-9-19-20(3-2-4-21(19)27)23(29)24-10-12-28/h2-8,14-15,28H,9-13H2,1H3,(H,24,29). The molecule has 1 aliphatic rings. The van der Waals surface area contributed by atoms with E-state index in [4.69, 9.17) is 5.11 Å². The number of rotatable bonds is 6. The molecule has 29 heavy (non-hydrogen) atoms. The summed E-state index contributed by atoms with van der Waals surface area (Å²) >= 11 is 0. The molecule has 3 aromatic rings. The molecule has 0 saturated carbocycles. The van der Waals surface area contributed by atoms with Crippen LogP contribution in [0.5, 0.6) is 0 Å². The number of aromatic nitrogens is 2. The average Bonchev–Trinajstić information content (AvgIpc) is 3.18. The largest absolute Gasteiger partial charge is 0.395 e. The van der Waals surface area contributed by atoms with Gasteiger partial charge < -0.3 is 15.3 Å². The van der Waals surface area contributed by atoms with E-state index in [1.54, 1.807) is 6.33 Å². The van der Waals surface area contributed by atoms with Crippen molar-refractivity contribution < 1.29 is 9.90 Å². The first kappa shape index (κ1) is 19.1. The number of aliphatic hydroxyl groups is 1. The van der Waals surface area contributed by atoms with Crippen LogP contribution < -0.4 is 10.2 Å². The molecule has 0 spiro atoms. The molecule has 0 bridgehead atoms. The summed E-state index contributed by atoms with van der Waals surface area (Å²) in [6.45, 7) is 3.02. The fourth-order valence-electron chi connectivity index (χ4n) is 3.69. The van der Waals surface area contributed by atoms with E-state index >= 15 is 0 Å². The van der Waals surface area contributed by atoms with Crippen LogP contribution in [0.2, 0.25) is 0 Å². The van der Waals surface area contributed by atoms with Gasteiger partial charge in [0.2, 0.25) is 0 Å². The highest BCUT2D eigenvalue weighted by atomic mass is 16.3. The number of hydrogen-bond donors (Lipinski definition) is 2. The summed E-state index contributed by atoms with van der Waals surface area (Å²) in [6, 6.07) is 16.2. The van der Waals surface area contributed by atoms with Gasteiger partial charge in [-0.25, -0.2) is 9.97 Å². The number of nitrogens with zero attached hydrogens (tertiary/aromatic N) is 3. The Morgan fingerprint density at radius 3 is 2.79 bits per heavy atom. The van der Waals surface area contributed by atoms with Crippen molar-refractivity contribution in [3.05, 3.63) is 82.8 Å². The molecule has 1 aromatic heterocycles. The fraction of sp³-hybridized carbons (Fsp3) is 0.261. The Balaban J connectivity index is 1.58. The number of carbonyl (C=O) groups excluding carboxylic acids is 1. The molecule has 6 nitrogen and oxygen atoms in total. The van der Waals surface area contributed by atoms with Gasteiger partial charge in [0, 0.05) is 36.8 Å². The summed E-state index contributed by atoms with van der Waals surface area (Å²) in [7, 11) is 0.